The van der Waals surface area contributed by atoms with Gasteiger partial charge in [-0.1, -0.05) is 44.2 Å². The van der Waals surface area contributed by atoms with Crippen molar-refractivity contribution >= 4 is 0 Å². The Hall–Kier alpha value is -0.900. The number of nitrogens with zero attached hydrogens (tertiary/aromatic N) is 2. The fraction of sp³-hybridized carbons (Fsp3) is 0.667. The van der Waals surface area contributed by atoms with Gasteiger partial charge in [0.1, 0.15) is 0 Å². The van der Waals surface area contributed by atoms with Crippen LogP contribution in [0.15, 0.2) is 30.3 Å². The first-order chi connectivity index (χ1) is 10.2. The molecule has 3 heteroatoms. The smallest absolute Gasteiger partial charge is 0.0470 e. The quantitative estimate of drug-likeness (QED) is 0.794. The molecule has 1 aromatic carbocycles. The lowest BCUT2D eigenvalue weighted by molar-refractivity contribution is 0.200. The molecule has 0 saturated carbocycles. The highest BCUT2D eigenvalue weighted by Gasteiger charge is 2.19. The molecule has 1 N–H and O–H groups in total. The van der Waals surface area contributed by atoms with Gasteiger partial charge >= 0.3 is 0 Å². The first kappa shape index (κ1) is 16.5. The SMILES string of the molecule is CC(C)NCC(c1ccccc1)N(C)CCN1CCCC1. The van der Waals surface area contributed by atoms with Crippen molar-refractivity contribution in [3.63, 3.8) is 0 Å². The summed E-state index contributed by atoms with van der Waals surface area (Å²) < 4.78 is 0. The van der Waals surface area contributed by atoms with Crippen molar-refractivity contribution in [1.82, 2.24) is 15.1 Å². The first-order valence-corrected chi connectivity index (χ1v) is 8.37. The maximum absolute atomic E-state index is 3.60. The van der Waals surface area contributed by atoms with Crippen LogP contribution < -0.4 is 5.32 Å². The molecule has 118 valence electrons. The van der Waals surface area contributed by atoms with Crippen LogP contribution in [0, 0.1) is 0 Å². The lowest BCUT2D eigenvalue weighted by Gasteiger charge is -2.31. The highest BCUT2D eigenvalue weighted by molar-refractivity contribution is 5.19. The van der Waals surface area contributed by atoms with Crippen molar-refractivity contribution in [2.24, 2.45) is 0 Å². The summed E-state index contributed by atoms with van der Waals surface area (Å²) in [5.74, 6) is 0. The number of benzene rings is 1. The van der Waals surface area contributed by atoms with Crippen molar-refractivity contribution in [1.29, 1.82) is 0 Å². The minimum Gasteiger partial charge on any atom is -0.313 e. The Morgan fingerprint density at radius 2 is 1.81 bits per heavy atom. The normalized spacial score (nSPS) is 17.8. The number of hydrogen-bond acceptors (Lipinski definition) is 3. The minimum absolute atomic E-state index is 0.455. The summed E-state index contributed by atoms with van der Waals surface area (Å²) in [6, 6.07) is 11.9. The third kappa shape index (κ3) is 5.42. The third-order valence-corrected chi connectivity index (χ3v) is 4.40. The van der Waals surface area contributed by atoms with Crippen LogP contribution in [0.3, 0.4) is 0 Å². The molecule has 1 aliphatic rings. The van der Waals surface area contributed by atoms with Crippen molar-refractivity contribution in [2.75, 3.05) is 39.8 Å². The molecule has 0 aromatic heterocycles. The molecule has 0 spiro atoms. The van der Waals surface area contributed by atoms with Gasteiger partial charge in [-0.05, 0) is 38.5 Å². The van der Waals surface area contributed by atoms with E-state index < -0.39 is 0 Å². The van der Waals surface area contributed by atoms with E-state index in [1.807, 2.05) is 0 Å². The van der Waals surface area contributed by atoms with Crippen LogP contribution in [0.2, 0.25) is 0 Å². The van der Waals surface area contributed by atoms with Gasteiger partial charge in [-0.2, -0.15) is 0 Å². The predicted octanol–water partition coefficient (Wildman–Crippen LogP) is 2.75. The molecule has 3 nitrogen and oxygen atoms in total. The molecule has 1 heterocycles. The number of likely N-dealkylation sites (N-methyl/N-ethyl adjacent to an activating group) is 1. The molecule has 0 aliphatic carbocycles. The van der Waals surface area contributed by atoms with Crippen molar-refractivity contribution in [3.05, 3.63) is 35.9 Å². The highest BCUT2D eigenvalue weighted by atomic mass is 15.2. The zero-order chi connectivity index (χ0) is 15.1. The van der Waals surface area contributed by atoms with Gasteiger partial charge in [0.15, 0.2) is 0 Å². The number of likely N-dealkylation sites (tertiary alicyclic amines) is 1. The minimum atomic E-state index is 0.455. The van der Waals surface area contributed by atoms with E-state index in [2.05, 4.69) is 66.3 Å². The molecule has 0 bridgehead atoms. The van der Waals surface area contributed by atoms with Gasteiger partial charge in [0.05, 0.1) is 0 Å². The van der Waals surface area contributed by atoms with E-state index in [4.69, 9.17) is 0 Å². The average Bonchev–Trinajstić information content (AvgIpc) is 2.99. The number of nitrogens with one attached hydrogen (secondary N) is 1. The molecular weight excluding hydrogens is 258 g/mol. The van der Waals surface area contributed by atoms with Crippen molar-refractivity contribution in [2.45, 2.75) is 38.8 Å². The molecule has 0 amide bonds. The van der Waals surface area contributed by atoms with Gasteiger partial charge in [-0.25, -0.2) is 0 Å². The maximum atomic E-state index is 3.60. The summed E-state index contributed by atoms with van der Waals surface area (Å²) in [6.45, 7) is 10.3. The fourth-order valence-corrected chi connectivity index (χ4v) is 3.01. The second-order valence-corrected chi connectivity index (χ2v) is 6.52. The van der Waals surface area contributed by atoms with Crippen LogP contribution in [-0.2, 0) is 0 Å². The topological polar surface area (TPSA) is 18.5 Å². The largest absolute Gasteiger partial charge is 0.313 e. The second-order valence-electron chi connectivity index (χ2n) is 6.52. The monoisotopic (exact) mass is 289 g/mol. The molecule has 1 saturated heterocycles. The summed E-state index contributed by atoms with van der Waals surface area (Å²) in [6.07, 6.45) is 2.75. The van der Waals surface area contributed by atoms with Crippen molar-refractivity contribution in [3.8, 4) is 0 Å². The van der Waals surface area contributed by atoms with Crippen LogP contribution in [0.25, 0.3) is 0 Å². The molecule has 21 heavy (non-hydrogen) atoms. The van der Waals surface area contributed by atoms with Crippen LogP contribution >= 0.6 is 0 Å². The summed E-state index contributed by atoms with van der Waals surface area (Å²) in [7, 11) is 2.26. The average molecular weight is 289 g/mol. The summed E-state index contributed by atoms with van der Waals surface area (Å²) in [5, 5.41) is 3.60. The van der Waals surface area contributed by atoms with E-state index in [-0.39, 0.29) is 0 Å². The summed E-state index contributed by atoms with van der Waals surface area (Å²) in [5.41, 5.74) is 1.41. The van der Waals surface area contributed by atoms with Crippen LogP contribution in [-0.4, -0.2) is 55.6 Å². The van der Waals surface area contributed by atoms with E-state index in [0.29, 0.717) is 12.1 Å². The zero-order valence-corrected chi connectivity index (χ0v) is 13.9. The fourth-order valence-electron chi connectivity index (χ4n) is 3.01. The van der Waals surface area contributed by atoms with Crippen LogP contribution in [0.5, 0.6) is 0 Å². The first-order valence-electron chi connectivity index (χ1n) is 8.37. The van der Waals surface area contributed by atoms with E-state index in [1.165, 1.54) is 38.0 Å². The Morgan fingerprint density at radius 1 is 1.14 bits per heavy atom. The molecular formula is C18H31N3. The molecule has 1 fully saturated rings. The Kier molecular flexibility index (Phi) is 6.68. The number of hydrogen-bond donors (Lipinski definition) is 1. The Bertz CT molecular complexity index is 385. The van der Waals surface area contributed by atoms with Crippen molar-refractivity contribution < 1.29 is 0 Å². The van der Waals surface area contributed by atoms with Gasteiger partial charge in [0, 0.05) is 31.7 Å². The van der Waals surface area contributed by atoms with E-state index >= 15 is 0 Å². The van der Waals surface area contributed by atoms with Crippen LogP contribution in [0.1, 0.15) is 38.3 Å². The second kappa shape index (κ2) is 8.52. The zero-order valence-electron chi connectivity index (χ0n) is 13.9. The molecule has 1 atom stereocenters. The summed E-state index contributed by atoms with van der Waals surface area (Å²) in [4.78, 5) is 5.09. The Balaban J connectivity index is 1.92. The maximum Gasteiger partial charge on any atom is 0.0470 e. The lowest BCUT2D eigenvalue weighted by atomic mass is 10.1. The molecule has 0 radical (unpaired) electrons. The van der Waals surface area contributed by atoms with Gasteiger partial charge in [-0.15, -0.1) is 0 Å². The van der Waals surface area contributed by atoms with Gasteiger partial charge in [0.2, 0.25) is 0 Å². The lowest BCUT2D eigenvalue weighted by Crippen LogP contribution is -2.39. The van der Waals surface area contributed by atoms with Gasteiger partial charge in [0.25, 0.3) is 0 Å². The molecule has 1 aromatic rings. The molecule has 1 unspecified atom stereocenters. The third-order valence-electron chi connectivity index (χ3n) is 4.40. The van der Waals surface area contributed by atoms with Gasteiger partial charge < -0.3 is 10.2 Å². The highest BCUT2D eigenvalue weighted by Crippen LogP contribution is 2.19. The molecule has 1 aliphatic heterocycles. The molecule has 2 rings (SSSR count). The van der Waals surface area contributed by atoms with Gasteiger partial charge in [-0.3, -0.25) is 4.90 Å². The Labute approximate surface area is 130 Å². The van der Waals surface area contributed by atoms with Crippen LogP contribution in [0.4, 0.5) is 0 Å². The predicted molar refractivity (Wildman–Crippen MR) is 90.6 cm³/mol. The van der Waals surface area contributed by atoms with E-state index in [1.54, 1.807) is 0 Å². The number of rotatable bonds is 8. The van der Waals surface area contributed by atoms with E-state index in [9.17, 15) is 0 Å². The summed E-state index contributed by atoms with van der Waals surface area (Å²) >= 11 is 0. The standard InChI is InChI=1S/C18H31N3/c1-16(2)19-15-18(17-9-5-4-6-10-17)20(3)13-14-21-11-7-8-12-21/h4-6,9-10,16,18-19H,7-8,11-15H2,1-3H3. The Morgan fingerprint density at radius 3 is 2.43 bits per heavy atom. The van der Waals surface area contributed by atoms with E-state index in [0.717, 1.165) is 13.1 Å².